The molecule has 0 fully saturated rings. The van der Waals surface area contributed by atoms with Crippen LogP contribution in [0.15, 0.2) is 96.5 Å². The van der Waals surface area contributed by atoms with Crippen molar-refractivity contribution in [3.05, 3.63) is 108 Å². The molecule has 0 radical (unpaired) electrons. The Labute approximate surface area is 207 Å². The van der Waals surface area contributed by atoms with Gasteiger partial charge in [-0.2, -0.15) is 0 Å². The van der Waals surface area contributed by atoms with Crippen LogP contribution in [-0.2, 0) is 5.41 Å². The maximum Gasteiger partial charge on any atom is 0.105 e. The van der Waals surface area contributed by atoms with Crippen molar-refractivity contribution in [2.24, 2.45) is 0 Å². The normalized spacial score (nSPS) is 14.2. The fourth-order valence-electron chi connectivity index (χ4n) is 6.39. The molecule has 0 amide bonds. The smallest absolute Gasteiger partial charge is 0.105 e. The molecule has 0 bridgehead atoms. The first kappa shape index (κ1) is 19.4. The van der Waals surface area contributed by atoms with E-state index in [-0.39, 0.29) is 5.41 Å². The maximum atomic E-state index is 4.76. The lowest BCUT2D eigenvalue weighted by Gasteiger charge is -2.23. The first-order valence-corrected chi connectivity index (χ1v) is 12.9. The van der Waals surface area contributed by atoms with E-state index in [0.717, 1.165) is 11.2 Å². The molecule has 5 aromatic carbocycles. The van der Waals surface area contributed by atoms with Crippen LogP contribution < -0.4 is 0 Å². The van der Waals surface area contributed by atoms with Crippen LogP contribution in [0.25, 0.3) is 59.6 Å². The van der Waals surface area contributed by atoms with Crippen LogP contribution in [-0.4, -0.2) is 9.55 Å². The molecule has 0 aliphatic heterocycles. The van der Waals surface area contributed by atoms with E-state index < -0.39 is 0 Å². The summed E-state index contributed by atoms with van der Waals surface area (Å²) in [6.45, 7) is 4.74. The molecule has 35 heavy (non-hydrogen) atoms. The summed E-state index contributed by atoms with van der Waals surface area (Å²) < 4.78 is 3.63. The van der Waals surface area contributed by atoms with Crippen LogP contribution >= 0.6 is 11.3 Å². The predicted octanol–water partition coefficient (Wildman–Crippen LogP) is 8.85. The number of thiazole rings is 1. The van der Waals surface area contributed by atoms with Crippen molar-refractivity contribution < 1.29 is 0 Å². The summed E-state index contributed by atoms with van der Waals surface area (Å²) in [7, 11) is 0. The van der Waals surface area contributed by atoms with Gasteiger partial charge in [0.2, 0.25) is 0 Å². The Hall–Kier alpha value is -3.95. The average molecular weight is 467 g/mol. The molecular weight excluding hydrogens is 444 g/mol. The third-order valence-electron chi connectivity index (χ3n) is 7.91. The summed E-state index contributed by atoms with van der Waals surface area (Å²) in [4.78, 5) is 4.76. The Bertz CT molecular complexity index is 1990. The molecule has 0 atom stereocenters. The highest BCUT2D eigenvalue weighted by molar-refractivity contribution is 7.16. The van der Waals surface area contributed by atoms with Crippen molar-refractivity contribution in [3.8, 4) is 16.8 Å². The van der Waals surface area contributed by atoms with Crippen molar-refractivity contribution in [2.75, 3.05) is 0 Å². The highest BCUT2D eigenvalue weighted by atomic mass is 32.1. The third-order valence-corrected chi connectivity index (χ3v) is 8.70. The van der Waals surface area contributed by atoms with Gasteiger partial charge in [0.05, 0.1) is 26.9 Å². The Balaban J connectivity index is 1.56. The zero-order valence-corrected chi connectivity index (χ0v) is 20.4. The number of para-hydroxylation sites is 2. The van der Waals surface area contributed by atoms with Crippen LogP contribution in [0.4, 0.5) is 0 Å². The average Bonchev–Trinajstić information content (AvgIpc) is 3.55. The number of fused-ring (bicyclic) bond motifs is 9. The van der Waals surface area contributed by atoms with Gasteiger partial charge in [-0.25, -0.2) is 4.98 Å². The van der Waals surface area contributed by atoms with Gasteiger partial charge < -0.3 is 4.57 Å². The minimum Gasteiger partial charge on any atom is -0.307 e. The third kappa shape index (κ3) is 2.41. The molecular formula is C32H22N2S. The van der Waals surface area contributed by atoms with E-state index in [1.165, 1.54) is 59.5 Å². The summed E-state index contributed by atoms with van der Waals surface area (Å²) in [5.74, 6) is 0. The molecule has 166 valence electrons. The number of hydrogen-bond acceptors (Lipinski definition) is 2. The largest absolute Gasteiger partial charge is 0.307 e. The summed E-state index contributed by atoms with van der Waals surface area (Å²) in [5.41, 5.74) is 12.1. The minimum absolute atomic E-state index is 0.0507. The molecule has 2 aromatic heterocycles. The number of benzene rings is 5. The number of hydrogen-bond donors (Lipinski definition) is 0. The number of nitrogens with zero attached hydrogens (tertiary/aromatic N) is 2. The highest BCUT2D eigenvalue weighted by Crippen LogP contribution is 2.52. The Morgan fingerprint density at radius 1 is 0.714 bits per heavy atom. The topological polar surface area (TPSA) is 17.8 Å². The minimum atomic E-state index is -0.0507. The molecule has 1 aliphatic carbocycles. The van der Waals surface area contributed by atoms with E-state index in [4.69, 9.17) is 4.98 Å². The fourth-order valence-corrected chi connectivity index (χ4v) is 7.09. The Kier molecular flexibility index (Phi) is 3.64. The van der Waals surface area contributed by atoms with Crippen molar-refractivity contribution in [1.82, 2.24) is 9.55 Å². The molecule has 0 saturated heterocycles. The lowest BCUT2D eigenvalue weighted by atomic mass is 9.80. The lowest BCUT2D eigenvalue weighted by molar-refractivity contribution is 0.666. The molecule has 0 N–H and O–H groups in total. The van der Waals surface area contributed by atoms with Gasteiger partial charge in [0, 0.05) is 16.2 Å². The molecule has 0 spiro atoms. The Morgan fingerprint density at radius 3 is 2.51 bits per heavy atom. The van der Waals surface area contributed by atoms with E-state index >= 15 is 0 Å². The van der Waals surface area contributed by atoms with E-state index in [1.807, 2.05) is 5.51 Å². The molecule has 0 unspecified atom stereocenters. The summed E-state index contributed by atoms with van der Waals surface area (Å²) in [6.07, 6.45) is 0. The van der Waals surface area contributed by atoms with Crippen molar-refractivity contribution in [2.45, 2.75) is 19.3 Å². The van der Waals surface area contributed by atoms with Crippen LogP contribution in [0.1, 0.15) is 25.0 Å². The van der Waals surface area contributed by atoms with Gasteiger partial charge in [-0.05, 0) is 63.4 Å². The van der Waals surface area contributed by atoms with Crippen LogP contribution in [0.3, 0.4) is 0 Å². The van der Waals surface area contributed by atoms with Crippen LogP contribution in [0, 0.1) is 0 Å². The zero-order valence-electron chi connectivity index (χ0n) is 19.5. The van der Waals surface area contributed by atoms with Gasteiger partial charge in [0.15, 0.2) is 0 Å². The molecule has 8 rings (SSSR count). The van der Waals surface area contributed by atoms with Crippen LogP contribution in [0.5, 0.6) is 0 Å². The number of aromatic nitrogens is 2. The van der Waals surface area contributed by atoms with Gasteiger partial charge in [-0.3, -0.25) is 0 Å². The van der Waals surface area contributed by atoms with Crippen molar-refractivity contribution in [1.29, 1.82) is 0 Å². The Morgan fingerprint density at radius 2 is 1.57 bits per heavy atom. The van der Waals surface area contributed by atoms with Crippen molar-refractivity contribution >= 4 is 54.1 Å². The molecule has 1 aliphatic rings. The summed E-state index contributed by atoms with van der Waals surface area (Å²) >= 11 is 1.70. The maximum absolute atomic E-state index is 4.76. The number of rotatable bonds is 1. The monoisotopic (exact) mass is 466 g/mol. The van der Waals surface area contributed by atoms with Gasteiger partial charge >= 0.3 is 0 Å². The summed E-state index contributed by atoms with van der Waals surface area (Å²) in [5, 5.41) is 5.20. The summed E-state index contributed by atoms with van der Waals surface area (Å²) in [6, 6.07) is 33.6. The van der Waals surface area contributed by atoms with E-state index in [9.17, 15) is 0 Å². The fraction of sp³-hybridized carbons (Fsp3) is 0.0938. The first-order valence-electron chi connectivity index (χ1n) is 12.1. The van der Waals surface area contributed by atoms with E-state index in [2.05, 4.69) is 109 Å². The van der Waals surface area contributed by atoms with Gasteiger partial charge in [-0.15, -0.1) is 11.3 Å². The quantitative estimate of drug-likeness (QED) is 0.236. The first-order chi connectivity index (χ1) is 17.1. The molecule has 7 aromatic rings. The standard InChI is InChI=1S/C32H22N2S/c1-32(2)25-10-5-3-8-20(25)22-15-14-19-16-24-21-9-4-6-11-26(21)34(28(24)17-23(19)30(22)32)27-12-7-13-29-31(27)33-18-35-29/h3-18H,1-2H3. The zero-order chi connectivity index (χ0) is 23.3. The molecule has 0 saturated carbocycles. The van der Waals surface area contributed by atoms with E-state index in [1.54, 1.807) is 11.3 Å². The second kappa shape index (κ2) is 6.59. The van der Waals surface area contributed by atoms with Gasteiger partial charge in [-0.1, -0.05) is 74.5 Å². The SMILES string of the molecule is CC1(C)c2ccccc2-c2ccc3cc4c5ccccc5n(-c5cccc6scnc56)c4cc3c21. The van der Waals surface area contributed by atoms with Crippen LogP contribution in [0.2, 0.25) is 0 Å². The molecule has 2 nitrogen and oxygen atoms in total. The molecule has 2 heterocycles. The highest BCUT2D eigenvalue weighted by Gasteiger charge is 2.36. The second-order valence-electron chi connectivity index (χ2n) is 10.1. The molecule has 3 heteroatoms. The second-order valence-corrected chi connectivity index (χ2v) is 11.0. The van der Waals surface area contributed by atoms with E-state index in [0.29, 0.717) is 0 Å². The predicted molar refractivity (Wildman–Crippen MR) is 149 cm³/mol. The van der Waals surface area contributed by atoms with Crippen molar-refractivity contribution in [3.63, 3.8) is 0 Å². The van der Waals surface area contributed by atoms with Gasteiger partial charge in [0.1, 0.15) is 5.52 Å². The van der Waals surface area contributed by atoms with Gasteiger partial charge in [0.25, 0.3) is 0 Å². The lowest BCUT2D eigenvalue weighted by Crippen LogP contribution is -2.15.